The molecular formula is C25H20O8. The number of unbranched alkanes of at least 4 members (excludes halogenated alkanes) is 2. The lowest BCUT2D eigenvalue weighted by Crippen LogP contribution is -2.08. The van der Waals surface area contributed by atoms with Crippen LogP contribution in [-0.4, -0.2) is 25.8 Å². The molecule has 0 atom stereocenters. The first-order valence-corrected chi connectivity index (χ1v) is 10.4. The van der Waals surface area contributed by atoms with Crippen LogP contribution in [0.5, 0.6) is 11.5 Å². The molecule has 2 aromatic heterocycles. The Bertz CT molecular complexity index is 1320. The molecule has 0 unspecified atom stereocenters. The van der Waals surface area contributed by atoms with Crippen LogP contribution in [0.4, 0.5) is 0 Å². The Kier molecular flexibility index (Phi) is 6.64. The molecule has 0 spiro atoms. The number of ether oxygens (including phenoxy) is 2. The first-order chi connectivity index (χ1) is 16.1. The Morgan fingerprint density at radius 3 is 1.55 bits per heavy atom. The van der Waals surface area contributed by atoms with Gasteiger partial charge in [-0.1, -0.05) is 0 Å². The minimum Gasteiger partial charge on any atom is -0.494 e. The van der Waals surface area contributed by atoms with E-state index in [0.717, 1.165) is 31.8 Å². The molecule has 4 aromatic rings. The highest BCUT2D eigenvalue weighted by molar-refractivity contribution is 5.85. The number of carbonyl (C=O) groups excluding carboxylic acids is 2. The van der Waals surface area contributed by atoms with Crippen molar-refractivity contribution in [2.75, 3.05) is 13.2 Å². The van der Waals surface area contributed by atoms with Gasteiger partial charge in [-0.15, -0.1) is 0 Å². The number of aldehydes is 2. The molecule has 0 aliphatic heterocycles. The summed E-state index contributed by atoms with van der Waals surface area (Å²) in [4.78, 5) is 46.2. The first-order valence-electron chi connectivity index (χ1n) is 10.4. The molecule has 0 amide bonds. The van der Waals surface area contributed by atoms with E-state index in [4.69, 9.17) is 18.3 Å². The molecule has 4 rings (SSSR count). The summed E-state index contributed by atoms with van der Waals surface area (Å²) in [5.74, 6) is 1.05. The lowest BCUT2D eigenvalue weighted by Gasteiger charge is -2.08. The van der Waals surface area contributed by atoms with E-state index in [-0.39, 0.29) is 22.0 Å². The van der Waals surface area contributed by atoms with E-state index < -0.39 is 0 Å². The molecule has 168 valence electrons. The van der Waals surface area contributed by atoms with Crippen LogP contribution in [0.15, 0.2) is 67.3 Å². The third kappa shape index (κ3) is 4.85. The van der Waals surface area contributed by atoms with Crippen molar-refractivity contribution in [3.63, 3.8) is 0 Å². The van der Waals surface area contributed by atoms with Crippen LogP contribution >= 0.6 is 0 Å². The van der Waals surface area contributed by atoms with Crippen molar-refractivity contribution >= 4 is 34.5 Å². The average Bonchev–Trinajstić information content (AvgIpc) is 2.84. The van der Waals surface area contributed by atoms with Gasteiger partial charge in [0.25, 0.3) is 0 Å². The highest BCUT2D eigenvalue weighted by Gasteiger charge is 2.09. The number of carbonyl (C=O) groups is 2. The zero-order valence-electron chi connectivity index (χ0n) is 17.6. The van der Waals surface area contributed by atoms with Crippen LogP contribution in [-0.2, 0) is 0 Å². The van der Waals surface area contributed by atoms with Gasteiger partial charge in [0.2, 0.25) is 10.9 Å². The Morgan fingerprint density at radius 2 is 1.12 bits per heavy atom. The molecule has 8 heteroatoms. The van der Waals surface area contributed by atoms with Gasteiger partial charge in [0.05, 0.1) is 35.1 Å². The monoisotopic (exact) mass is 448 g/mol. The maximum Gasteiger partial charge on any atom is 0.203 e. The molecule has 0 saturated heterocycles. The van der Waals surface area contributed by atoms with Crippen molar-refractivity contribution in [3.8, 4) is 11.5 Å². The van der Waals surface area contributed by atoms with Gasteiger partial charge in [-0.2, -0.15) is 0 Å². The fraction of sp³-hybridized carbons (Fsp3) is 0.200. The van der Waals surface area contributed by atoms with Gasteiger partial charge in [-0.05, 0) is 55.7 Å². The van der Waals surface area contributed by atoms with Gasteiger partial charge in [0.15, 0.2) is 12.6 Å². The van der Waals surface area contributed by atoms with Crippen molar-refractivity contribution < 1.29 is 27.9 Å². The highest BCUT2D eigenvalue weighted by atomic mass is 16.5. The molecule has 0 aliphatic carbocycles. The maximum absolute atomic E-state index is 12.2. The fourth-order valence-electron chi connectivity index (χ4n) is 3.35. The summed E-state index contributed by atoms with van der Waals surface area (Å²) in [7, 11) is 0. The summed E-state index contributed by atoms with van der Waals surface area (Å²) in [5.41, 5.74) is -0.0505. The standard InChI is InChI=1S/C25H20O8/c26-12-16-14-32-22-6-4-18(10-20(22)24(16)28)30-8-2-1-3-9-31-19-5-7-23-21(11-19)25(29)17(13-27)15-33-23/h4-7,10-15H,1-3,8-9H2. The zero-order chi connectivity index (χ0) is 23.2. The third-order valence-electron chi connectivity index (χ3n) is 5.12. The minimum absolute atomic E-state index is 0.0314. The fourth-order valence-corrected chi connectivity index (χ4v) is 3.35. The van der Waals surface area contributed by atoms with Gasteiger partial charge in [0.1, 0.15) is 35.2 Å². The maximum atomic E-state index is 12.2. The number of rotatable bonds is 10. The van der Waals surface area contributed by atoms with E-state index >= 15 is 0 Å². The summed E-state index contributed by atoms with van der Waals surface area (Å²) in [6.45, 7) is 0.908. The Balaban J connectivity index is 1.25. The molecule has 0 aliphatic rings. The van der Waals surface area contributed by atoms with Crippen LogP contribution in [0, 0.1) is 0 Å². The predicted octanol–water partition coefficient (Wildman–Crippen LogP) is 4.15. The van der Waals surface area contributed by atoms with Crippen LogP contribution in [0.2, 0.25) is 0 Å². The lowest BCUT2D eigenvalue weighted by atomic mass is 10.2. The van der Waals surface area contributed by atoms with Crippen LogP contribution in [0.1, 0.15) is 40.0 Å². The van der Waals surface area contributed by atoms with Crippen molar-refractivity contribution in [2.45, 2.75) is 19.3 Å². The Labute approximate surface area is 187 Å². The van der Waals surface area contributed by atoms with Crippen molar-refractivity contribution in [3.05, 3.63) is 80.5 Å². The summed E-state index contributed by atoms with van der Waals surface area (Å²) >= 11 is 0. The van der Waals surface area contributed by atoms with E-state index in [1.54, 1.807) is 36.4 Å². The molecule has 0 saturated carbocycles. The van der Waals surface area contributed by atoms with Gasteiger partial charge in [0, 0.05) is 0 Å². The topological polar surface area (TPSA) is 113 Å². The lowest BCUT2D eigenvalue weighted by molar-refractivity contribution is 0.111. The molecule has 8 nitrogen and oxygen atoms in total. The molecule has 0 fully saturated rings. The zero-order valence-corrected chi connectivity index (χ0v) is 17.6. The van der Waals surface area contributed by atoms with Gasteiger partial charge < -0.3 is 18.3 Å². The van der Waals surface area contributed by atoms with Gasteiger partial charge >= 0.3 is 0 Å². The smallest absolute Gasteiger partial charge is 0.203 e. The third-order valence-corrected chi connectivity index (χ3v) is 5.12. The number of hydrogen-bond acceptors (Lipinski definition) is 8. The van der Waals surface area contributed by atoms with Gasteiger partial charge in [-0.25, -0.2) is 0 Å². The van der Waals surface area contributed by atoms with E-state index in [1.165, 1.54) is 0 Å². The van der Waals surface area contributed by atoms with Crippen LogP contribution in [0.25, 0.3) is 21.9 Å². The number of hydrogen-bond donors (Lipinski definition) is 0. The van der Waals surface area contributed by atoms with E-state index in [9.17, 15) is 19.2 Å². The second-order valence-corrected chi connectivity index (χ2v) is 7.35. The molecular weight excluding hydrogens is 428 g/mol. The second-order valence-electron chi connectivity index (χ2n) is 7.35. The first kappa shape index (κ1) is 22.0. The normalized spacial score (nSPS) is 10.9. The Hall–Kier alpha value is -4.20. The summed E-state index contributed by atoms with van der Waals surface area (Å²) in [6.07, 6.45) is 5.62. The van der Waals surface area contributed by atoms with Crippen molar-refractivity contribution in [1.29, 1.82) is 0 Å². The van der Waals surface area contributed by atoms with Crippen molar-refractivity contribution in [2.24, 2.45) is 0 Å². The van der Waals surface area contributed by atoms with Gasteiger partial charge in [-0.3, -0.25) is 19.2 Å². The summed E-state index contributed by atoms with van der Waals surface area (Å²) in [6, 6.07) is 9.84. The Morgan fingerprint density at radius 1 is 0.667 bits per heavy atom. The minimum atomic E-state index is -0.386. The predicted molar refractivity (Wildman–Crippen MR) is 121 cm³/mol. The molecule has 2 aromatic carbocycles. The molecule has 0 N–H and O–H groups in total. The SMILES string of the molecule is O=Cc1coc2ccc(OCCCCCOc3ccc4occ(C=O)c(=O)c4c3)cc2c1=O. The molecule has 2 heterocycles. The largest absolute Gasteiger partial charge is 0.494 e. The quantitative estimate of drug-likeness (QED) is 0.263. The summed E-state index contributed by atoms with van der Waals surface area (Å²) in [5, 5.41) is 0.602. The average molecular weight is 448 g/mol. The summed E-state index contributed by atoms with van der Waals surface area (Å²) < 4.78 is 22.0. The van der Waals surface area contributed by atoms with Crippen LogP contribution < -0.4 is 20.3 Å². The number of fused-ring (bicyclic) bond motifs is 2. The molecule has 0 bridgehead atoms. The van der Waals surface area contributed by atoms with E-state index in [0.29, 0.717) is 59.2 Å². The van der Waals surface area contributed by atoms with Crippen molar-refractivity contribution in [1.82, 2.24) is 0 Å². The van der Waals surface area contributed by atoms with Crippen LogP contribution in [0.3, 0.4) is 0 Å². The molecule has 33 heavy (non-hydrogen) atoms. The number of benzene rings is 2. The highest BCUT2D eigenvalue weighted by Crippen LogP contribution is 2.20. The second kappa shape index (κ2) is 9.95. The van der Waals surface area contributed by atoms with E-state index in [2.05, 4.69) is 0 Å². The molecule has 0 radical (unpaired) electrons. The van der Waals surface area contributed by atoms with E-state index in [1.807, 2.05) is 0 Å².